The van der Waals surface area contributed by atoms with Gasteiger partial charge in [0.1, 0.15) is 0 Å². The van der Waals surface area contributed by atoms with E-state index in [0.29, 0.717) is 13.2 Å². The highest BCUT2D eigenvalue weighted by atomic mass is 16.5. The second-order valence-corrected chi connectivity index (χ2v) is 5.65. The number of nitrogens with zero attached hydrogens (tertiary/aromatic N) is 1. The molecular weight excluding hydrogens is 252 g/mol. The smallest absolute Gasteiger partial charge is 0.228 e. The van der Waals surface area contributed by atoms with Gasteiger partial charge in [0.25, 0.3) is 0 Å². The number of ether oxygens (including phenoxy) is 1. The van der Waals surface area contributed by atoms with Gasteiger partial charge in [-0.1, -0.05) is 24.3 Å². The summed E-state index contributed by atoms with van der Waals surface area (Å²) < 4.78 is 5.45. The van der Waals surface area contributed by atoms with Crippen molar-refractivity contribution in [3.05, 3.63) is 35.4 Å². The van der Waals surface area contributed by atoms with Crippen molar-refractivity contribution in [2.45, 2.75) is 25.3 Å². The molecule has 4 nitrogen and oxygen atoms in total. The molecule has 2 unspecified atom stereocenters. The van der Waals surface area contributed by atoms with Crippen molar-refractivity contribution < 1.29 is 9.53 Å². The Bertz CT molecular complexity index is 483. The van der Waals surface area contributed by atoms with Gasteiger partial charge in [0.15, 0.2) is 0 Å². The summed E-state index contributed by atoms with van der Waals surface area (Å²) in [5, 5.41) is 0. The summed E-state index contributed by atoms with van der Waals surface area (Å²) in [6, 6.07) is 8.35. The van der Waals surface area contributed by atoms with Crippen molar-refractivity contribution in [1.82, 2.24) is 4.90 Å². The van der Waals surface area contributed by atoms with Gasteiger partial charge in [-0.15, -0.1) is 0 Å². The van der Waals surface area contributed by atoms with Crippen LogP contribution in [0.1, 0.15) is 30.0 Å². The van der Waals surface area contributed by atoms with Crippen LogP contribution in [-0.2, 0) is 16.0 Å². The largest absolute Gasteiger partial charge is 0.381 e. The van der Waals surface area contributed by atoms with E-state index >= 15 is 0 Å². The second kappa shape index (κ2) is 5.94. The van der Waals surface area contributed by atoms with Crippen molar-refractivity contribution in [2.75, 3.05) is 26.3 Å². The molecule has 0 aromatic heterocycles. The first-order valence-corrected chi connectivity index (χ1v) is 7.47. The summed E-state index contributed by atoms with van der Waals surface area (Å²) in [6.07, 6.45) is 2.84. The molecule has 0 spiro atoms. The molecule has 2 heterocycles. The second-order valence-electron chi connectivity index (χ2n) is 5.65. The van der Waals surface area contributed by atoms with E-state index < -0.39 is 0 Å². The molecule has 108 valence electrons. The van der Waals surface area contributed by atoms with Crippen LogP contribution in [0.25, 0.3) is 0 Å². The lowest BCUT2D eigenvalue weighted by Gasteiger charge is -2.39. The SMILES string of the molecule is NCC1c2ccccc2CCN1C(=O)C1CCCOC1. The third kappa shape index (κ3) is 2.45. The Labute approximate surface area is 119 Å². The molecule has 0 saturated carbocycles. The van der Waals surface area contributed by atoms with Crippen molar-refractivity contribution in [1.29, 1.82) is 0 Å². The molecule has 2 aliphatic heterocycles. The van der Waals surface area contributed by atoms with E-state index in [1.54, 1.807) is 0 Å². The molecule has 1 saturated heterocycles. The number of carbonyl (C=O) groups excluding carboxylic acids is 1. The first-order valence-electron chi connectivity index (χ1n) is 7.47. The molecule has 1 aromatic rings. The maximum atomic E-state index is 12.7. The number of hydrogen-bond acceptors (Lipinski definition) is 3. The number of nitrogens with two attached hydrogens (primary N) is 1. The lowest BCUT2D eigenvalue weighted by molar-refractivity contribution is -0.142. The highest BCUT2D eigenvalue weighted by molar-refractivity contribution is 5.80. The standard InChI is InChI=1S/C16H22N2O2/c17-10-15-14-6-2-1-4-12(14)7-8-18(15)16(19)13-5-3-9-20-11-13/h1-2,4,6,13,15H,3,5,7-11,17H2. The van der Waals surface area contributed by atoms with Crippen molar-refractivity contribution in [3.8, 4) is 0 Å². The lowest BCUT2D eigenvalue weighted by Crippen LogP contribution is -2.47. The minimum absolute atomic E-state index is 0.0167. The normalized spacial score (nSPS) is 26.1. The van der Waals surface area contributed by atoms with Crippen molar-refractivity contribution >= 4 is 5.91 Å². The first kappa shape index (κ1) is 13.6. The minimum Gasteiger partial charge on any atom is -0.381 e. The fourth-order valence-electron chi connectivity index (χ4n) is 3.34. The molecule has 3 rings (SSSR count). The number of rotatable bonds is 2. The van der Waals surface area contributed by atoms with Gasteiger partial charge in [-0.3, -0.25) is 4.79 Å². The number of carbonyl (C=O) groups is 1. The molecule has 0 radical (unpaired) electrons. The van der Waals surface area contributed by atoms with Gasteiger partial charge < -0.3 is 15.4 Å². The summed E-state index contributed by atoms with van der Waals surface area (Å²) >= 11 is 0. The van der Waals surface area contributed by atoms with Gasteiger partial charge >= 0.3 is 0 Å². The molecule has 2 aliphatic rings. The number of fused-ring (bicyclic) bond motifs is 1. The van der Waals surface area contributed by atoms with E-state index in [2.05, 4.69) is 18.2 Å². The van der Waals surface area contributed by atoms with Crippen LogP contribution in [0.4, 0.5) is 0 Å². The Kier molecular flexibility index (Phi) is 4.03. The van der Waals surface area contributed by atoms with Gasteiger partial charge in [0.05, 0.1) is 18.6 Å². The van der Waals surface area contributed by atoms with Crippen LogP contribution in [0.3, 0.4) is 0 Å². The zero-order valence-corrected chi connectivity index (χ0v) is 11.8. The molecule has 20 heavy (non-hydrogen) atoms. The average molecular weight is 274 g/mol. The highest BCUT2D eigenvalue weighted by Crippen LogP contribution is 2.31. The molecule has 1 aromatic carbocycles. The van der Waals surface area contributed by atoms with Crippen LogP contribution >= 0.6 is 0 Å². The van der Waals surface area contributed by atoms with Gasteiger partial charge in [-0.05, 0) is 30.4 Å². The van der Waals surface area contributed by atoms with Gasteiger partial charge in [-0.2, -0.15) is 0 Å². The van der Waals surface area contributed by atoms with Crippen LogP contribution in [0, 0.1) is 5.92 Å². The average Bonchev–Trinajstić information content (AvgIpc) is 2.54. The summed E-state index contributed by atoms with van der Waals surface area (Å²) in [5.74, 6) is 0.234. The summed E-state index contributed by atoms with van der Waals surface area (Å²) in [6.45, 7) is 2.60. The molecule has 2 N–H and O–H groups in total. The molecule has 0 aliphatic carbocycles. The predicted octanol–water partition coefficient (Wildman–Crippen LogP) is 1.50. The Morgan fingerprint density at radius 3 is 3.00 bits per heavy atom. The van der Waals surface area contributed by atoms with Gasteiger partial charge in [-0.25, -0.2) is 0 Å². The topological polar surface area (TPSA) is 55.6 Å². The maximum absolute atomic E-state index is 12.7. The zero-order chi connectivity index (χ0) is 13.9. The first-order chi connectivity index (χ1) is 9.81. The highest BCUT2D eigenvalue weighted by Gasteiger charge is 2.34. The third-order valence-electron chi connectivity index (χ3n) is 4.43. The van der Waals surface area contributed by atoms with E-state index in [1.807, 2.05) is 11.0 Å². The van der Waals surface area contributed by atoms with E-state index in [0.717, 1.165) is 32.4 Å². The molecule has 2 atom stereocenters. The fraction of sp³-hybridized carbons (Fsp3) is 0.562. The summed E-state index contributed by atoms with van der Waals surface area (Å²) in [7, 11) is 0. The number of hydrogen-bond donors (Lipinski definition) is 1. The van der Waals surface area contributed by atoms with E-state index in [4.69, 9.17) is 10.5 Å². The molecule has 1 fully saturated rings. The molecular formula is C16H22N2O2. The van der Waals surface area contributed by atoms with Crippen molar-refractivity contribution in [3.63, 3.8) is 0 Å². The lowest BCUT2D eigenvalue weighted by atomic mass is 9.90. The van der Waals surface area contributed by atoms with E-state index in [9.17, 15) is 4.79 Å². The van der Waals surface area contributed by atoms with Gasteiger partial charge in [0.2, 0.25) is 5.91 Å². The summed E-state index contributed by atoms with van der Waals surface area (Å²) in [4.78, 5) is 14.7. The maximum Gasteiger partial charge on any atom is 0.228 e. The number of amides is 1. The zero-order valence-electron chi connectivity index (χ0n) is 11.8. The van der Waals surface area contributed by atoms with Crippen LogP contribution in [0.5, 0.6) is 0 Å². The Morgan fingerprint density at radius 2 is 2.25 bits per heavy atom. The number of benzene rings is 1. The predicted molar refractivity (Wildman–Crippen MR) is 77.2 cm³/mol. The Morgan fingerprint density at radius 1 is 1.40 bits per heavy atom. The van der Waals surface area contributed by atoms with Gasteiger partial charge in [0, 0.05) is 19.7 Å². The quantitative estimate of drug-likeness (QED) is 0.889. The molecule has 1 amide bonds. The Hall–Kier alpha value is -1.39. The monoisotopic (exact) mass is 274 g/mol. The summed E-state index contributed by atoms with van der Waals surface area (Å²) in [5.41, 5.74) is 8.49. The van der Waals surface area contributed by atoms with Crippen molar-refractivity contribution in [2.24, 2.45) is 11.7 Å². The fourth-order valence-corrected chi connectivity index (χ4v) is 3.34. The minimum atomic E-state index is 0.0167. The van der Waals surface area contributed by atoms with Crippen LogP contribution in [0.15, 0.2) is 24.3 Å². The van der Waals surface area contributed by atoms with Crippen LogP contribution in [0.2, 0.25) is 0 Å². The van der Waals surface area contributed by atoms with Crippen LogP contribution in [-0.4, -0.2) is 37.1 Å². The van der Waals surface area contributed by atoms with E-state index in [1.165, 1.54) is 11.1 Å². The molecule has 0 bridgehead atoms. The third-order valence-corrected chi connectivity index (χ3v) is 4.43. The molecule has 4 heteroatoms. The van der Waals surface area contributed by atoms with Crippen LogP contribution < -0.4 is 5.73 Å². The Balaban J connectivity index is 1.81. The van der Waals surface area contributed by atoms with E-state index in [-0.39, 0.29) is 17.9 Å².